The number of aromatic nitrogens is 2. The van der Waals surface area contributed by atoms with Crippen LogP contribution in [0.4, 0.5) is 0 Å². The van der Waals surface area contributed by atoms with Crippen molar-refractivity contribution < 1.29 is 14.0 Å². The zero-order valence-corrected chi connectivity index (χ0v) is 20.5. The van der Waals surface area contributed by atoms with Crippen molar-refractivity contribution >= 4 is 10.8 Å². The molecular weight excluding hydrogens is 462 g/mol. The summed E-state index contributed by atoms with van der Waals surface area (Å²) in [5.41, 5.74) is 3.38. The first-order chi connectivity index (χ1) is 18.3. The quantitative estimate of drug-likeness (QED) is 0.282. The zero-order valence-electron chi connectivity index (χ0n) is 20.5. The van der Waals surface area contributed by atoms with Crippen molar-refractivity contribution in [3.63, 3.8) is 0 Å². The lowest BCUT2D eigenvalue weighted by atomic mass is 9.87. The van der Waals surface area contributed by atoms with Crippen LogP contribution in [0.25, 0.3) is 22.2 Å². The van der Waals surface area contributed by atoms with E-state index in [0.717, 1.165) is 30.8 Å². The summed E-state index contributed by atoms with van der Waals surface area (Å²) in [5.74, 6) is 2.12. The summed E-state index contributed by atoms with van der Waals surface area (Å²) >= 11 is 0. The lowest BCUT2D eigenvalue weighted by Gasteiger charge is -2.32. The predicted octanol–water partition coefficient (Wildman–Crippen LogP) is 6.13. The Hall–Kier alpha value is -4.00. The maximum Gasteiger partial charge on any atom is 0.264 e. The standard InChI is InChI=1S/C31H29N3O3/c1-2-7-25(8-3-1)31-33-30(37-34-31)21-35-27-14-12-24(13-15-27)28-16-17-32-19-29(28)36-20-22-10-11-23-6-4-5-9-26(23)18-22/h1-15,18,28-29,32H,16-17,19-21H2/t28-,29+/m1/s1. The Labute approximate surface area is 216 Å². The Morgan fingerprint density at radius 2 is 1.65 bits per heavy atom. The first-order valence-corrected chi connectivity index (χ1v) is 12.7. The molecule has 0 bridgehead atoms. The van der Waals surface area contributed by atoms with E-state index in [9.17, 15) is 0 Å². The van der Waals surface area contributed by atoms with Gasteiger partial charge in [-0.1, -0.05) is 84.0 Å². The van der Waals surface area contributed by atoms with Crippen molar-refractivity contribution in [1.29, 1.82) is 0 Å². The van der Waals surface area contributed by atoms with E-state index in [-0.39, 0.29) is 12.7 Å². The molecule has 1 saturated heterocycles. The van der Waals surface area contributed by atoms with Crippen molar-refractivity contribution in [2.45, 2.75) is 31.7 Å². The highest BCUT2D eigenvalue weighted by Gasteiger charge is 2.27. The van der Waals surface area contributed by atoms with Gasteiger partial charge in [0.2, 0.25) is 5.82 Å². The third kappa shape index (κ3) is 5.56. The van der Waals surface area contributed by atoms with Crippen LogP contribution in [-0.2, 0) is 18.0 Å². The molecule has 0 saturated carbocycles. The van der Waals surface area contributed by atoms with E-state index in [1.807, 2.05) is 42.5 Å². The minimum atomic E-state index is 0.113. The molecular formula is C31H29N3O3. The van der Waals surface area contributed by atoms with Gasteiger partial charge in [0, 0.05) is 18.0 Å². The second kappa shape index (κ2) is 10.9. The predicted molar refractivity (Wildman–Crippen MR) is 143 cm³/mol. The van der Waals surface area contributed by atoms with E-state index in [4.69, 9.17) is 14.0 Å². The molecule has 0 unspecified atom stereocenters. The van der Waals surface area contributed by atoms with Crippen molar-refractivity contribution in [2.75, 3.05) is 13.1 Å². The summed E-state index contributed by atoms with van der Waals surface area (Å²) in [5, 5.41) is 10.0. The number of hydrogen-bond acceptors (Lipinski definition) is 6. The van der Waals surface area contributed by atoms with E-state index < -0.39 is 0 Å². The fourth-order valence-electron chi connectivity index (χ4n) is 4.89. The highest BCUT2D eigenvalue weighted by Crippen LogP contribution is 2.30. The number of nitrogens with one attached hydrogen (secondary N) is 1. The molecule has 1 aliphatic heterocycles. The van der Waals surface area contributed by atoms with Crippen LogP contribution in [0, 0.1) is 0 Å². The molecule has 2 heterocycles. The fourth-order valence-corrected chi connectivity index (χ4v) is 4.89. The summed E-state index contributed by atoms with van der Waals surface area (Å²) in [6, 6.07) is 33.0. The first-order valence-electron chi connectivity index (χ1n) is 12.7. The topological polar surface area (TPSA) is 69.4 Å². The highest BCUT2D eigenvalue weighted by atomic mass is 16.5. The SMILES string of the molecule is c1ccc(-c2noc(COc3ccc([C@H]4CCNC[C@@H]4OCc4ccc5ccccc5c4)cc3)n2)cc1. The van der Waals surface area contributed by atoms with Crippen molar-refractivity contribution in [3.8, 4) is 17.1 Å². The van der Waals surface area contributed by atoms with Gasteiger partial charge in [-0.3, -0.25) is 0 Å². The zero-order chi connectivity index (χ0) is 24.9. The summed E-state index contributed by atoms with van der Waals surface area (Å²) in [6.45, 7) is 2.66. The van der Waals surface area contributed by atoms with Crippen LogP contribution in [0.5, 0.6) is 5.75 Å². The van der Waals surface area contributed by atoms with E-state index in [2.05, 4.69) is 70.1 Å². The normalized spacial score (nSPS) is 17.6. The highest BCUT2D eigenvalue weighted by molar-refractivity contribution is 5.82. The summed E-state index contributed by atoms with van der Waals surface area (Å²) < 4.78 is 17.7. The van der Waals surface area contributed by atoms with Crippen LogP contribution in [-0.4, -0.2) is 29.3 Å². The molecule has 0 radical (unpaired) electrons. The molecule has 37 heavy (non-hydrogen) atoms. The van der Waals surface area contributed by atoms with Gasteiger partial charge in [0.15, 0.2) is 6.61 Å². The number of ether oxygens (including phenoxy) is 2. The second-order valence-corrected chi connectivity index (χ2v) is 9.37. The van der Waals surface area contributed by atoms with Gasteiger partial charge >= 0.3 is 0 Å². The smallest absolute Gasteiger partial charge is 0.264 e. The van der Waals surface area contributed by atoms with Gasteiger partial charge in [0.1, 0.15) is 5.75 Å². The molecule has 6 nitrogen and oxygen atoms in total. The second-order valence-electron chi connectivity index (χ2n) is 9.37. The molecule has 4 aromatic carbocycles. The van der Waals surface area contributed by atoms with Crippen LogP contribution < -0.4 is 10.1 Å². The van der Waals surface area contributed by atoms with Crippen LogP contribution in [0.2, 0.25) is 0 Å². The van der Waals surface area contributed by atoms with Crippen molar-refractivity contribution in [1.82, 2.24) is 15.5 Å². The Bertz CT molecular complexity index is 1450. The van der Waals surface area contributed by atoms with Gasteiger partial charge in [-0.2, -0.15) is 4.98 Å². The van der Waals surface area contributed by atoms with Gasteiger partial charge in [-0.25, -0.2) is 0 Å². The maximum atomic E-state index is 6.44. The third-order valence-corrected chi connectivity index (χ3v) is 6.88. The summed E-state index contributed by atoms with van der Waals surface area (Å²) in [4.78, 5) is 4.43. The number of rotatable bonds is 8. The summed E-state index contributed by atoms with van der Waals surface area (Å²) in [7, 11) is 0. The minimum absolute atomic E-state index is 0.113. The Balaban J connectivity index is 1.07. The minimum Gasteiger partial charge on any atom is -0.484 e. The molecule has 0 amide bonds. The molecule has 1 N–H and O–H groups in total. The van der Waals surface area contributed by atoms with Gasteiger partial charge in [0.25, 0.3) is 5.89 Å². The molecule has 2 atom stereocenters. The molecule has 1 aromatic heterocycles. The van der Waals surface area contributed by atoms with E-state index in [0.29, 0.717) is 24.2 Å². The Kier molecular flexibility index (Phi) is 6.92. The van der Waals surface area contributed by atoms with Crippen LogP contribution in [0.1, 0.15) is 29.4 Å². The van der Waals surface area contributed by atoms with Gasteiger partial charge in [-0.15, -0.1) is 0 Å². The lowest BCUT2D eigenvalue weighted by Crippen LogP contribution is -2.40. The van der Waals surface area contributed by atoms with E-state index >= 15 is 0 Å². The van der Waals surface area contributed by atoms with Crippen LogP contribution in [0.3, 0.4) is 0 Å². The van der Waals surface area contributed by atoms with Crippen LogP contribution >= 0.6 is 0 Å². The molecule has 186 valence electrons. The van der Waals surface area contributed by atoms with Gasteiger partial charge in [0.05, 0.1) is 12.7 Å². The number of piperidine rings is 1. The molecule has 0 aliphatic carbocycles. The average molecular weight is 492 g/mol. The molecule has 0 spiro atoms. The van der Waals surface area contributed by atoms with Crippen LogP contribution in [0.15, 0.2) is 102 Å². The summed E-state index contributed by atoms with van der Waals surface area (Å²) in [6.07, 6.45) is 1.15. The maximum absolute atomic E-state index is 6.44. The molecule has 1 aliphatic rings. The molecule has 6 rings (SSSR count). The average Bonchev–Trinajstić information content (AvgIpc) is 3.45. The Morgan fingerprint density at radius 1 is 0.838 bits per heavy atom. The first kappa shape index (κ1) is 23.4. The molecule has 5 aromatic rings. The van der Waals surface area contributed by atoms with Gasteiger partial charge in [-0.05, 0) is 53.1 Å². The monoisotopic (exact) mass is 491 g/mol. The number of hydrogen-bond donors (Lipinski definition) is 1. The lowest BCUT2D eigenvalue weighted by molar-refractivity contribution is 0.0106. The molecule has 1 fully saturated rings. The largest absolute Gasteiger partial charge is 0.484 e. The fraction of sp³-hybridized carbons (Fsp3) is 0.226. The number of benzene rings is 4. The third-order valence-electron chi connectivity index (χ3n) is 6.88. The van der Waals surface area contributed by atoms with E-state index in [1.54, 1.807) is 0 Å². The van der Waals surface area contributed by atoms with Crippen molar-refractivity contribution in [3.05, 3.63) is 114 Å². The van der Waals surface area contributed by atoms with Gasteiger partial charge < -0.3 is 19.3 Å². The van der Waals surface area contributed by atoms with Crippen molar-refractivity contribution in [2.24, 2.45) is 0 Å². The number of fused-ring (bicyclic) bond motifs is 1. The van der Waals surface area contributed by atoms with E-state index in [1.165, 1.54) is 21.9 Å². The molecule has 6 heteroatoms. The Morgan fingerprint density at radius 3 is 2.51 bits per heavy atom. The number of nitrogens with zero attached hydrogens (tertiary/aromatic N) is 2.